The summed E-state index contributed by atoms with van der Waals surface area (Å²) >= 11 is 1.39. The molecule has 2 aromatic heterocycles. The first-order chi connectivity index (χ1) is 7.79. The summed E-state index contributed by atoms with van der Waals surface area (Å²) in [5.74, 6) is -0.549. The monoisotopic (exact) mass is 236 g/mol. The summed E-state index contributed by atoms with van der Waals surface area (Å²) in [5, 5.41) is 10.4. The zero-order chi connectivity index (χ0) is 11.4. The molecule has 0 saturated heterocycles. The standard InChI is InChI=1S/C11H9FN2OS/c12-9(6-15)4-10-3-8(7-16-10)11-5-13-1-2-14-11/h1-5,7,15H,6H2/b9-4+. The zero-order valence-electron chi connectivity index (χ0n) is 8.30. The van der Waals surface area contributed by atoms with Gasteiger partial charge in [0.05, 0.1) is 18.5 Å². The molecule has 0 aromatic carbocycles. The summed E-state index contributed by atoms with van der Waals surface area (Å²) in [6.45, 7) is -0.571. The van der Waals surface area contributed by atoms with Crippen molar-refractivity contribution in [3.05, 3.63) is 40.7 Å². The van der Waals surface area contributed by atoms with Crippen LogP contribution in [0, 0.1) is 0 Å². The average Bonchev–Trinajstić information content (AvgIpc) is 2.78. The molecule has 0 aliphatic heterocycles. The van der Waals surface area contributed by atoms with Gasteiger partial charge >= 0.3 is 0 Å². The van der Waals surface area contributed by atoms with Crippen LogP contribution in [0.25, 0.3) is 17.3 Å². The van der Waals surface area contributed by atoms with Crippen molar-refractivity contribution in [1.29, 1.82) is 0 Å². The van der Waals surface area contributed by atoms with Gasteiger partial charge in [0.1, 0.15) is 5.83 Å². The highest BCUT2D eigenvalue weighted by Gasteiger charge is 2.03. The molecule has 0 aliphatic carbocycles. The highest BCUT2D eigenvalue weighted by molar-refractivity contribution is 7.11. The first kappa shape index (κ1) is 10.9. The number of rotatable bonds is 3. The van der Waals surface area contributed by atoms with E-state index in [-0.39, 0.29) is 0 Å². The number of aliphatic hydroxyl groups excluding tert-OH is 1. The lowest BCUT2D eigenvalue weighted by Crippen LogP contribution is -1.81. The van der Waals surface area contributed by atoms with Crippen molar-refractivity contribution < 1.29 is 9.50 Å². The molecule has 2 heterocycles. The van der Waals surface area contributed by atoms with Crippen molar-refractivity contribution in [2.45, 2.75) is 0 Å². The Bertz CT molecular complexity index is 496. The molecule has 2 aromatic rings. The van der Waals surface area contributed by atoms with E-state index in [1.807, 2.05) is 11.4 Å². The predicted molar refractivity (Wildman–Crippen MR) is 61.5 cm³/mol. The van der Waals surface area contributed by atoms with E-state index in [4.69, 9.17) is 5.11 Å². The minimum Gasteiger partial charge on any atom is -0.389 e. The van der Waals surface area contributed by atoms with Crippen LogP contribution in [0.15, 0.2) is 35.9 Å². The second kappa shape index (κ2) is 4.96. The van der Waals surface area contributed by atoms with Gasteiger partial charge in [0.15, 0.2) is 0 Å². The van der Waals surface area contributed by atoms with Crippen LogP contribution in [0.5, 0.6) is 0 Å². The third-order valence-corrected chi connectivity index (χ3v) is 2.81. The summed E-state index contributed by atoms with van der Waals surface area (Å²) in [6.07, 6.45) is 6.17. The Morgan fingerprint density at radius 3 is 3.06 bits per heavy atom. The topological polar surface area (TPSA) is 46.0 Å². The molecule has 5 heteroatoms. The predicted octanol–water partition coefficient (Wildman–Crippen LogP) is 2.51. The van der Waals surface area contributed by atoms with E-state index >= 15 is 0 Å². The number of nitrogens with zero attached hydrogens (tertiary/aromatic N) is 2. The normalized spacial score (nSPS) is 11.8. The number of aliphatic hydroxyl groups is 1. The van der Waals surface area contributed by atoms with Crippen LogP contribution in [0.4, 0.5) is 4.39 Å². The SMILES string of the molecule is OC/C(F)=C\c1cc(-c2cnccn2)cs1. The third-order valence-electron chi connectivity index (χ3n) is 1.93. The first-order valence-electron chi connectivity index (χ1n) is 4.61. The molecule has 0 spiro atoms. The van der Waals surface area contributed by atoms with Crippen LogP contribution >= 0.6 is 11.3 Å². The van der Waals surface area contributed by atoms with Crippen LogP contribution < -0.4 is 0 Å². The fourth-order valence-electron chi connectivity index (χ4n) is 1.21. The van der Waals surface area contributed by atoms with E-state index in [1.54, 1.807) is 18.6 Å². The van der Waals surface area contributed by atoms with Crippen molar-refractivity contribution in [3.8, 4) is 11.3 Å². The Morgan fingerprint density at radius 1 is 1.50 bits per heavy atom. The van der Waals surface area contributed by atoms with Crippen LogP contribution in [-0.4, -0.2) is 21.7 Å². The Hall–Kier alpha value is -1.59. The molecule has 1 N–H and O–H groups in total. The fourth-order valence-corrected chi connectivity index (χ4v) is 2.05. The highest BCUT2D eigenvalue weighted by Crippen LogP contribution is 2.25. The molecule has 0 fully saturated rings. The van der Waals surface area contributed by atoms with Gasteiger partial charge in [-0.15, -0.1) is 11.3 Å². The zero-order valence-corrected chi connectivity index (χ0v) is 9.12. The summed E-state index contributed by atoms with van der Waals surface area (Å²) in [6, 6.07) is 1.81. The minimum absolute atomic E-state index is 0.549. The second-order valence-electron chi connectivity index (χ2n) is 3.08. The maximum absolute atomic E-state index is 12.8. The summed E-state index contributed by atoms with van der Waals surface area (Å²) in [5.41, 5.74) is 1.65. The van der Waals surface area contributed by atoms with Crippen molar-refractivity contribution in [3.63, 3.8) is 0 Å². The lowest BCUT2D eigenvalue weighted by atomic mass is 10.2. The largest absolute Gasteiger partial charge is 0.389 e. The Balaban J connectivity index is 2.27. The number of thiophene rings is 1. The van der Waals surface area contributed by atoms with Crippen molar-refractivity contribution >= 4 is 17.4 Å². The van der Waals surface area contributed by atoms with Crippen LogP contribution in [0.2, 0.25) is 0 Å². The average molecular weight is 236 g/mol. The summed E-state index contributed by atoms with van der Waals surface area (Å²) in [4.78, 5) is 8.84. The summed E-state index contributed by atoms with van der Waals surface area (Å²) in [7, 11) is 0. The van der Waals surface area contributed by atoms with Crippen molar-refractivity contribution in [2.75, 3.05) is 6.61 Å². The van der Waals surface area contributed by atoms with Crippen LogP contribution in [0.1, 0.15) is 4.88 Å². The lowest BCUT2D eigenvalue weighted by Gasteiger charge is -1.92. The Kier molecular flexibility index (Phi) is 3.38. The molecule has 82 valence electrons. The lowest BCUT2D eigenvalue weighted by molar-refractivity contribution is 0.300. The number of hydrogen-bond acceptors (Lipinski definition) is 4. The van der Waals surface area contributed by atoms with Gasteiger partial charge in [0.25, 0.3) is 0 Å². The van der Waals surface area contributed by atoms with Crippen molar-refractivity contribution in [1.82, 2.24) is 9.97 Å². The fraction of sp³-hybridized carbons (Fsp3) is 0.0909. The van der Waals surface area contributed by atoms with Gasteiger partial charge in [-0.05, 0) is 12.1 Å². The van der Waals surface area contributed by atoms with E-state index in [1.165, 1.54) is 17.4 Å². The van der Waals surface area contributed by atoms with Gasteiger partial charge in [-0.1, -0.05) is 0 Å². The summed E-state index contributed by atoms with van der Waals surface area (Å²) < 4.78 is 12.8. The highest BCUT2D eigenvalue weighted by atomic mass is 32.1. The molecule has 0 saturated carbocycles. The number of hydrogen-bond donors (Lipinski definition) is 1. The Labute approximate surface area is 95.9 Å². The molecular formula is C11H9FN2OS. The van der Waals surface area contributed by atoms with Gasteiger partial charge < -0.3 is 5.11 Å². The van der Waals surface area contributed by atoms with E-state index in [0.717, 1.165) is 16.1 Å². The molecule has 0 unspecified atom stereocenters. The molecule has 3 nitrogen and oxygen atoms in total. The maximum Gasteiger partial charge on any atom is 0.127 e. The number of aromatic nitrogens is 2. The molecule has 2 rings (SSSR count). The van der Waals surface area contributed by atoms with E-state index in [9.17, 15) is 4.39 Å². The van der Waals surface area contributed by atoms with Gasteiger partial charge in [-0.25, -0.2) is 4.39 Å². The van der Waals surface area contributed by atoms with Gasteiger partial charge in [-0.3, -0.25) is 9.97 Å². The molecule has 0 atom stereocenters. The van der Waals surface area contributed by atoms with Crippen LogP contribution in [-0.2, 0) is 0 Å². The quantitative estimate of drug-likeness (QED) is 0.890. The second-order valence-corrected chi connectivity index (χ2v) is 4.02. The molecular weight excluding hydrogens is 227 g/mol. The van der Waals surface area contributed by atoms with E-state index < -0.39 is 12.4 Å². The van der Waals surface area contributed by atoms with E-state index in [2.05, 4.69) is 9.97 Å². The molecule has 0 radical (unpaired) electrons. The molecule has 16 heavy (non-hydrogen) atoms. The van der Waals surface area contributed by atoms with Crippen molar-refractivity contribution in [2.24, 2.45) is 0 Å². The Morgan fingerprint density at radius 2 is 2.38 bits per heavy atom. The van der Waals surface area contributed by atoms with Gasteiger partial charge in [0.2, 0.25) is 0 Å². The first-order valence-corrected chi connectivity index (χ1v) is 5.49. The molecule has 0 aliphatic rings. The van der Waals surface area contributed by atoms with Gasteiger partial charge in [0, 0.05) is 28.2 Å². The van der Waals surface area contributed by atoms with Gasteiger partial charge in [-0.2, -0.15) is 0 Å². The smallest absolute Gasteiger partial charge is 0.127 e. The van der Waals surface area contributed by atoms with Crippen LogP contribution in [0.3, 0.4) is 0 Å². The van der Waals surface area contributed by atoms with E-state index in [0.29, 0.717) is 0 Å². The minimum atomic E-state index is -0.571. The molecule has 0 bridgehead atoms. The number of halogens is 1. The molecule has 0 amide bonds. The third kappa shape index (κ3) is 2.50. The maximum atomic E-state index is 12.8.